The van der Waals surface area contributed by atoms with Crippen molar-refractivity contribution in [1.29, 1.82) is 0 Å². The Morgan fingerprint density at radius 2 is 1.79 bits per heavy atom. The number of amides is 3. The van der Waals surface area contributed by atoms with Gasteiger partial charge in [0.15, 0.2) is 0 Å². The Bertz CT molecular complexity index is 1060. The standard InChI is InChI=1S/C20H22N6O7/c27-18(23-7-1-2-8-23)11-24-19(28)14-5-3-12(9-15(14)20(24)29)21-22-16-6-4-13(25(30)31)10-17(16)26(32)33/h4,6,10,14-15,22H,1-3,5,7-9,11H2/b21-12+/t14-,15+/m1/s1. The molecule has 2 aliphatic heterocycles. The predicted molar refractivity (Wildman–Crippen MR) is 114 cm³/mol. The van der Waals surface area contributed by atoms with Gasteiger partial charge in [0.2, 0.25) is 17.7 Å². The zero-order valence-corrected chi connectivity index (χ0v) is 17.6. The fourth-order valence-corrected chi connectivity index (χ4v) is 4.56. The molecule has 1 N–H and O–H groups in total. The van der Waals surface area contributed by atoms with Crippen LogP contribution in [0.1, 0.15) is 32.1 Å². The minimum absolute atomic E-state index is 0.0214. The summed E-state index contributed by atoms with van der Waals surface area (Å²) in [6.07, 6.45) is 2.81. The van der Waals surface area contributed by atoms with E-state index < -0.39 is 39.0 Å². The summed E-state index contributed by atoms with van der Waals surface area (Å²) >= 11 is 0. The highest BCUT2D eigenvalue weighted by Crippen LogP contribution is 2.37. The van der Waals surface area contributed by atoms with Crippen LogP contribution in [0.4, 0.5) is 17.1 Å². The number of nitro groups is 2. The molecule has 2 saturated heterocycles. The number of likely N-dealkylation sites (tertiary alicyclic amines) is 2. The van der Waals surface area contributed by atoms with Crippen molar-refractivity contribution >= 4 is 40.5 Å². The molecule has 1 aromatic carbocycles. The number of anilines is 1. The average Bonchev–Trinajstić information content (AvgIpc) is 3.41. The summed E-state index contributed by atoms with van der Waals surface area (Å²) in [4.78, 5) is 61.4. The molecule has 0 spiro atoms. The Kier molecular flexibility index (Phi) is 6.03. The van der Waals surface area contributed by atoms with Gasteiger partial charge in [0.25, 0.3) is 5.69 Å². The zero-order chi connectivity index (χ0) is 23.7. The number of carbonyl (C=O) groups is 3. The lowest BCUT2D eigenvalue weighted by Gasteiger charge is -2.22. The average molecular weight is 458 g/mol. The molecule has 3 aliphatic rings. The Morgan fingerprint density at radius 3 is 2.45 bits per heavy atom. The van der Waals surface area contributed by atoms with Crippen molar-refractivity contribution in [3.05, 3.63) is 38.4 Å². The number of carbonyl (C=O) groups excluding carboxylic acids is 3. The second-order valence-corrected chi connectivity index (χ2v) is 8.31. The van der Waals surface area contributed by atoms with Crippen LogP contribution in [0.2, 0.25) is 0 Å². The summed E-state index contributed by atoms with van der Waals surface area (Å²) in [7, 11) is 0. The number of hydrogen-bond acceptors (Lipinski definition) is 9. The fourth-order valence-electron chi connectivity index (χ4n) is 4.56. The Hall–Kier alpha value is -3.90. The normalized spacial score (nSPS) is 23.7. The first kappa shape index (κ1) is 22.3. The molecule has 2 atom stereocenters. The van der Waals surface area contributed by atoms with Crippen LogP contribution in [0.25, 0.3) is 0 Å². The lowest BCUT2D eigenvalue weighted by Crippen LogP contribution is -2.42. The third-order valence-electron chi connectivity index (χ3n) is 6.33. The number of imide groups is 1. The molecule has 0 aromatic heterocycles. The SMILES string of the molecule is O=C(CN1C(=O)[C@H]2C/C(=N/Nc3ccc([N+](=O)[O-])cc3[N+](=O)[O-])CC[C@H]2C1=O)N1CCCC1. The van der Waals surface area contributed by atoms with Gasteiger partial charge in [0, 0.05) is 24.9 Å². The summed E-state index contributed by atoms with van der Waals surface area (Å²) in [5.74, 6) is -2.09. The van der Waals surface area contributed by atoms with Crippen LogP contribution in [0, 0.1) is 32.1 Å². The highest BCUT2D eigenvalue weighted by Gasteiger charge is 2.50. The van der Waals surface area contributed by atoms with E-state index in [-0.39, 0.29) is 30.5 Å². The molecule has 3 amide bonds. The Morgan fingerprint density at radius 1 is 1.09 bits per heavy atom. The van der Waals surface area contributed by atoms with Crippen LogP contribution >= 0.6 is 0 Å². The van der Waals surface area contributed by atoms with Crippen LogP contribution in [0.3, 0.4) is 0 Å². The molecule has 1 saturated carbocycles. The van der Waals surface area contributed by atoms with Crippen molar-refractivity contribution in [2.24, 2.45) is 16.9 Å². The third kappa shape index (κ3) is 4.38. The van der Waals surface area contributed by atoms with Crippen molar-refractivity contribution in [3.8, 4) is 0 Å². The molecule has 33 heavy (non-hydrogen) atoms. The lowest BCUT2D eigenvalue weighted by atomic mass is 9.80. The molecule has 1 aliphatic carbocycles. The Balaban J connectivity index is 1.44. The van der Waals surface area contributed by atoms with E-state index in [1.54, 1.807) is 4.90 Å². The number of hydrazone groups is 1. The van der Waals surface area contributed by atoms with Gasteiger partial charge in [-0.2, -0.15) is 5.10 Å². The van der Waals surface area contributed by atoms with Crippen LogP contribution in [0.15, 0.2) is 23.3 Å². The van der Waals surface area contributed by atoms with Gasteiger partial charge < -0.3 is 4.90 Å². The van der Waals surface area contributed by atoms with Crippen LogP contribution in [-0.2, 0) is 14.4 Å². The number of nitrogens with one attached hydrogen (secondary N) is 1. The molecule has 13 heteroatoms. The van der Waals surface area contributed by atoms with E-state index in [0.717, 1.165) is 29.9 Å². The second-order valence-electron chi connectivity index (χ2n) is 8.31. The summed E-state index contributed by atoms with van der Waals surface area (Å²) in [5.41, 5.74) is 2.19. The lowest BCUT2D eigenvalue weighted by molar-refractivity contribution is -0.393. The molecular formula is C20H22N6O7. The highest BCUT2D eigenvalue weighted by molar-refractivity contribution is 6.09. The number of fused-ring (bicyclic) bond motifs is 1. The molecule has 0 unspecified atom stereocenters. The van der Waals surface area contributed by atoms with E-state index in [4.69, 9.17) is 0 Å². The van der Waals surface area contributed by atoms with E-state index in [1.165, 1.54) is 6.07 Å². The highest BCUT2D eigenvalue weighted by atomic mass is 16.6. The molecule has 4 rings (SSSR count). The monoisotopic (exact) mass is 458 g/mol. The summed E-state index contributed by atoms with van der Waals surface area (Å²) in [5, 5.41) is 26.3. The van der Waals surface area contributed by atoms with Crippen molar-refractivity contribution in [1.82, 2.24) is 9.80 Å². The van der Waals surface area contributed by atoms with Gasteiger partial charge >= 0.3 is 5.69 Å². The van der Waals surface area contributed by atoms with Gasteiger partial charge in [-0.25, -0.2) is 0 Å². The van der Waals surface area contributed by atoms with Crippen molar-refractivity contribution < 1.29 is 24.2 Å². The minimum Gasteiger partial charge on any atom is -0.341 e. The molecule has 174 valence electrons. The number of rotatable bonds is 6. The number of nitro benzene ring substituents is 2. The van der Waals surface area contributed by atoms with Crippen LogP contribution < -0.4 is 5.43 Å². The molecule has 13 nitrogen and oxygen atoms in total. The van der Waals surface area contributed by atoms with Crippen molar-refractivity contribution in [3.63, 3.8) is 0 Å². The van der Waals surface area contributed by atoms with Gasteiger partial charge in [-0.3, -0.25) is 44.9 Å². The van der Waals surface area contributed by atoms with E-state index in [2.05, 4.69) is 10.5 Å². The van der Waals surface area contributed by atoms with Crippen molar-refractivity contribution in [2.75, 3.05) is 25.1 Å². The maximum Gasteiger partial charge on any atom is 0.301 e. The zero-order valence-electron chi connectivity index (χ0n) is 17.6. The van der Waals surface area contributed by atoms with Gasteiger partial charge in [-0.1, -0.05) is 0 Å². The van der Waals surface area contributed by atoms with Gasteiger partial charge in [0.1, 0.15) is 12.2 Å². The molecule has 0 bridgehead atoms. The van der Waals surface area contributed by atoms with Gasteiger partial charge in [-0.15, -0.1) is 0 Å². The summed E-state index contributed by atoms with van der Waals surface area (Å²) in [6, 6.07) is 3.16. The first-order valence-corrected chi connectivity index (χ1v) is 10.6. The van der Waals surface area contributed by atoms with Crippen molar-refractivity contribution in [2.45, 2.75) is 32.1 Å². The molecule has 1 aromatic rings. The van der Waals surface area contributed by atoms with Gasteiger partial charge in [-0.05, 0) is 38.2 Å². The summed E-state index contributed by atoms with van der Waals surface area (Å²) in [6.45, 7) is 1.03. The maximum atomic E-state index is 12.9. The number of benzene rings is 1. The number of non-ortho nitro benzene ring substituents is 1. The topological polar surface area (TPSA) is 168 Å². The number of hydrogen-bond donors (Lipinski definition) is 1. The fraction of sp³-hybridized carbons (Fsp3) is 0.500. The molecule has 0 radical (unpaired) electrons. The molecular weight excluding hydrogens is 436 g/mol. The van der Waals surface area contributed by atoms with E-state index in [9.17, 15) is 34.6 Å². The molecule has 2 heterocycles. The maximum absolute atomic E-state index is 12.9. The van der Waals surface area contributed by atoms with E-state index in [1.807, 2.05) is 0 Å². The largest absolute Gasteiger partial charge is 0.341 e. The first-order chi connectivity index (χ1) is 15.8. The minimum atomic E-state index is -0.749. The number of nitrogens with zero attached hydrogens (tertiary/aromatic N) is 5. The van der Waals surface area contributed by atoms with E-state index >= 15 is 0 Å². The Labute approximate surface area is 187 Å². The smallest absolute Gasteiger partial charge is 0.301 e. The predicted octanol–water partition coefficient (Wildman–Crippen LogP) is 1.68. The second kappa shape index (κ2) is 8.92. The summed E-state index contributed by atoms with van der Waals surface area (Å²) < 4.78 is 0. The first-order valence-electron chi connectivity index (χ1n) is 10.6. The quantitative estimate of drug-likeness (QED) is 0.381. The van der Waals surface area contributed by atoms with Crippen LogP contribution in [-0.4, -0.2) is 62.7 Å². The van der Waals surface area contributed by atoms with Crippen LogP contribution in [0.5, 0.6) is 0 Å². The van der Waals surface area contributed by atoms with E-state index in [0.29, 0.717) is 31.6 Å². The van der Waals surface area contributed by atoms with Gasteiger partial charge in [0.05, 0.1) is 27.7 Å². The molecule has 3 fully saturated rings. The third-order valence-corrected chi connectivity index (χ3v) is 6.33.